The number of hydrogen-bond acceptors (Lipinski definition) is 4. The van der Waals surface area contributed by atoms with Gasteiger partial charge >= 0.3 is 0 Å². The quantitative estimate of drug-likeness (QED) is 0.728. The molecule has 5 nitrogen and oxygen atoms in total. The van der Waals surface area contributed by atoms with Crippen LogP contribution in [0.3, 0.4) is 0 Å². The van der Waals surface area contributed by atoms with E-state index in [9.17, 15) is 5.11 Å². The Labute approximate surface area is 129 Å². The molecule has 0 saturated heterocycles. The number of ether oxygens (including phenoxy) is 1. The number of nitrogens with zero attached hydrogens (tertiary/aromatic N) is 2. The maximum atomic E-state index is 9.85. The average molecular weight is 310 g/mol. The molecule has 0 radical (unpaired) electrons. The molecular formula is C15H20ClN3O2. The highest BCUT2D eigenvalue weighted by Crippen LogP contribution is 2.17. The van der Waals surface area contributed by atoms with Gasteiger partial charge in [-0.2, -0.15) is 0 Å². The fourth-order valence-corrected chi connectivity index (χ4v) is 2.09. The second-order valence-electron chi connectivity index (χ2n) is 4.83. The Morgan fingerprint density at radius 2 is 2.33 bits per heavy atom. The van der Waals surface area contributed by atoms with Crippen LogP contribution in [-0.4, -0.2) is 40.5 Å². The summed E-state index contributed by atoms with van der Waals surface area (Å²) in [5.41, 5.74) is 0. The molecule has 2 aromatic rings. The van der Waals surface area contributed by atoms with Crippen LogP contribution >= 0.6 is 11.6 Å². The van der Waals surface area contributed by atoms with Crippen molar-refractivity contribution in [2.45, 2.75) is 12.5 Å². The van der Waals surface area contributed by atoms with Crippen molar-refractivity contribution >= 4 is 11.6 Å². The summed E-state index contributed by atoms with van der Waals surface area (Å²) >= 11 is 5.86. The summed E-state index contributed by atoms with van der Waals surface area (Å²) in [6, 6.07) is 7.13. The number of hydrogen-bond donors (Lipinski definition) is 2. The average Bonchev–Trinajstić information content (AvgIpc) is 2.87. The molecule has 0 fully saturated rings. The molecule has 0 aliphatic carbocycles. The predicted molar refractivity (Wildman–Crippen MR) is 82.7 cm³/mol. The first-order chi connectivity index (χ1) is 10.1. The molecule has 0 amide bonds. The lowest BCUT2D eigenvalue weighted by atomic mass is 10.3. The van der Waals surface area contributed by atoms with Gasteiger partial charge in [0.05, 0.1) is 0 Å². The molecule has 0 spiro atoms. The summed E-state index contributed by atoms with van der Waals surface area (Å²) in [4.78, 5) is 4.24. The third kappa shape index (κ3) is 5.38. The van der Waals surface area contributed by atoms with Gasteiger partial charge in [0, 0.05) is 44.0 Å². The van der Waals surface area contributed by atoms with Gasteiger partial charge in [-0.1, -0.05) is 17.7 Å². The lowest BCUT2D eigenvalue weighted by molar-refractivity contribution is 0.106. The van der Waals surface area contributed by atoms with Gasteiger partial charge in [0.2, 0.25) is 0 Å². The lowest BCUT2D eigenvalue weighted by Gasteiger charge is -2.13. The molecule has 1 heterocycles. The molecule has 0 aliphatic heterocycles. The van der Waals surface area contributed by atoms with Crippen LogP contribution in [0.1, 0.15) is 5.82 Å². The summed E-state index contributed by atoms with van der Waals surface area (Å²) in [5.74, 6) is 1.68. The van der Waals surface area contributed by atoms with Crippen LogP contribution in [0.25, 0.3) is 0 Å². The maximum absolute atomic E-state index is 9.85. The molecule has 0 saturated carbocycles. The van der Waals surface area contributed by atoms with E-state index in [1.54, 1.807) is 18.3 Å². The SMILES string of the molecule is Cn1ccnc1CCNCC(O)COc1cccc(Cl)c1. The first kappa shape index (κ1) is 15.8. The number of aliphatic hydroxyl groups excluding tert-OH is 1. The summed E-state index contributed by atoms with van der Waals surface area (Å²) in [6.07, 6.45) is 3.96. The van der Waals surface area contributed by atoms with Crippen molar-refractivity contribution in [3.05, 3.63) is 47.5 Å². The van der Waals surface area contributed by atoms with Crippen molar-refractivity contribution in [3.63, 3.8) is 0 Å². The molecule has 0 bridgehead atoms. The van der Waals surface area contributed by atoms with E-state index < -0.39 is 6.10 Å². The maximum Gasteiger partial charge on any atom is 0.120 e. The van der Waals surface area contributed by atoms with Gasteiger partial charge in [-0.05, 0) is 18.2 Å². The molecule has 1 aromatic carbocycles. The number of aryl methyl sites for hydroxylation is 1. The molecule has 2 N–H and O–H groups in total. The van der Waals surface area contributed by atoms with Crippen molar-refractivity contribution in [1.82, 2.24) is 14.9 Å². The lowest BCUT2D eigenvalue weighted by Crippen LogP contribution is -2.32. The second kappa shape index (κ2) is 8.02. The van der Waals surface area contributed by atoms with Crippen LogP contribution in [0.2, 0.25) is 5.02 Å². The number of imidazole rings is 1. The highest BCUT2D eigenvalue weighted by atomic mass is 35.5. The van der Waals surface area contributed by atoms with Gasteiger partial charge in [-0.25, -0.2) is 4.98 Å². The number of benzene rings is 1. The van der Waals surface area contributed by atoms with Crippen molar-refractivity contribution in [2.75, 3.05) is 19.7 Å². The minimum absolute atomic E-state index is 0.232. The van der Waals surface area contributed by atoms with E-state index in [1.165, 1.54) is 0 Å². The molecule has 1 aromatic heterocycles. The van der Waals surface area contributed by atoms with Crippen LogP contribution in [0, 0.1) is 0 Å². The largest absolute Gasteiger partial charge is 0.491 e. The van der Waals surface area contributed by atoms with E-state index in [2.05, 4.69) is 10.3 Å². The van der Waals surface area contributed by atoms with Crippen LogP contribution in [0.5, 0.6) is 5.75 Å². The smallest absolute Gasteiger partial charge is 0.120 e. The van der Waals surface area contributed by atoms with Gasteiger partial charge in [0.1, 0.15) is 24.3 Å². The summed E-state index contributed by atoms with van der Waals surface area (Å²) in [7, 11) is 1.97. The van der Waals surface area contributed by atoms with Crippen molar-refractivity contribution in [1.29, 1.82) is 0 Å². The Morgan fingerprint density at radius 3 is 3.05 bits per heavy atom. The number of aromatic nitrogens is 2. The van der Waals surface area contributed by atoms with Crippen LogP contribution < -0.4 is 10.1 Å². The predicted octanol–water partition coefficient (Wildman–Crippen LogP) is 1.65. The molecule has 6 heteroatoms. The van der Waals surface area contributed by atoms with E-state index in [-0.39, 0.29) is 6.61 Å². The summed E-state index contributed by atoms with van der Waals surface area (Å²) < 4.78 is 7.47. The minimum Gasteiger partial charge on any atom is -0.491 e. The fraction of sp³-hybridized carbons (Fsp3) is 0.400. The van der Waals surface area contributed by atoms with E-state index in [4.69, 9.17) is 16.3 Å². The van der Waals surface area contributed by atoms with Gasteiger partial charge in [-0.3, -0.25) is 0 Å². The zero-order valence-corrected chi connectivity index (χ0v) is 12.8. The number of aliphatic hydroxyl groups is 1. The van der Waals surface area contributed by atoms with E-state index in [0.29, 0.717) is 17.3 Å². The minimum atomic E-state index is -0.564. The topological polar surface area (TPSA) is 59.3 Å². The van der Waals surface area contributed by atoms with Crippen molar-refractivity contribution in [2.24, 2.45) is 7.05 Å². The Bertz CT molecular complexity index is 559. The van der Waals surface area contributed by atoms with Crippen LogP contribution in [-0.2, 0) is 13.5 Å². The molecule has 1 unspecified atom stereocenters. The third-order valence-electron chi connectivity index (χ3n) is 3.06. The fourth-order valence-electron chi connectivity index (χ4n) is 1.91. The van der Waals surface area contributed by atoms with Crippen LogP contribution in [0.4, 0.5) is 0 Å². The van der Waals surface area contributed by atoms with Gasteiger partial charge in [0.15, 0.2) is 0 Å². The molecule has 21 heavy (non-hydrogen) atoms. The molecule has 2 rings (SSSR count). The van der Waals surface area contributed by atoms with E-state index in [1.807, 2.05) is 29.9 Å². The third-order valence-corrected chi connectivity index (χ3v) is 3.30. The summed E-state index contributed by atoms with van der Waals surface area (Å²) in [5, 5.41) is 13.7. The number of nitrogens with one attached hydrogen (secondary N) is 1. The first-order valence-corrected chi connectivity index (χ1v) is 7.26. The van der Waals surface area contributed by atoms with Crippen molar-refractivity contribution in [3.8, 4) is 5.75 Å². The Balaban J connectivity index is 1.61. The van der Waals surface area contributed by atoms with Gasteiger partial charge < -0.3 is 19.7 Å². The van der Waals surface area contributed by atoms with E-state index >= 15 is 0 Å². The Morgan fingerprint density at radius 1 is 1.48 bits per heavy atom. The standard InChI is InChI=1S/C15H20ClN3O2/c1-19-8-7-18-15(19)5-6-17-10-13(20)11-21-14-4-2-3-12(16)9-14/h2-4,7-9,13,17,20H,5-6,10-11H2,1H3. The van der Waals surface area contributed by atoms with Crippen LogP contribution in [0.15, 0.2) is 36.7 Å². The number of halogens is 1. The summed E-state index contributed by atoms with van der Waals surface area (Å²) in [6.45, 7) is 1.47. The molecule has 114 valence electrons. The van der Waals surface area contributed by atoms with Crippen molar-refractivity contribution < 1.29 is 9.84 Å². The molecular weight excluding hydrogens is 290 g/mol. The molecule has 1 atom stereocenters. The zero-order chi connectivity index (χ0) is 15.1. The van der Waals surface area contributed by atoms with Gasteiger partial charge in [0.25, 0.3) is 0 Å². The highest BCUT2D eigenvalue weighted by Gasteiger charge is 2.06. The first-order valence-electron chi connectivity index (χ1n) is 6.88. The highest BCUT2D eigenvalue weighted by molar-refractivity contribution is 6.30. The second-order valence-corrected chi connectivity index (χ2v) is 5.27. The monoisotopic (exact) mass is 309 g/mol. The Hall–Kier alpha value is -1.56. The molecule has 0 aliphatic rings. The zero-order valence-electron chi connectivity index (χ0n) is 12.0. The Kier molecular flexibility index (Phi) is 6.04. The van der Waals surface area contributed by atoms with E-state index in [0.717, 1.165) is 18.8 Å². The van der Waals surface area contributed by atoms with Gasteiger partial charge in [-0.15, -0.1) is 0 Å². The normalized spacial score (nSPS) is 12.3. The number of rotatable bonds is 8.